The first-order valence-electron chi connectivity index (χ1n) is 9.40. The Bertz CT molecular complexity index is 1010. The average molecular weight is 379 g/mol. The Morgan fingerprint density at radius 1 is 1.29 bits per heavy atom. The van der Waals surface area contributed by atoms with E-state index < -0.39 is 0 Å². The highest BCUT2D eigenvalue weighted by Gasteiger charge is 2.32. The zero-order valence-corrected chi connectivity index (χ0v) is 16.6. The number of aromatic nitrogens is 4. The normalized spacial score (nSPS) is 16.6. The number of rotatable bonds is 4. The van der Waals surface area contributed by atoms with Gasteiger partial charge in [-0.15, -0.1) is 0 Å². The van der Waals surface area contributed by atoms with Crippen molar-refractivity contribution >= 4 is 11.7 Å². The van der Waals surface area contributed by atoms with Crippen molar-refractivity contribution in [1.82, 2.24) is 20.0 Å². The number of nitrogens with zero attached hydrogens (tertiary/aromatic N) is 3. The van der Waals surface area contributed by atoms with E-state index in [1.54, 1.807) is 7.11 Å². The summed E-state index contributed by atoms with van der Waals surface area (Å²) in [5, 5.41) is 15.1. The Hall–Kier alpha value is -3.09. The van der Waals surface area contributed by atoms with Gasteiger partial charge < -0.3 is 10.1 Å². The van der Waals surface area contributed by atoms with Gasteiger partial charge in [0, 0.05) is 34.6 Å². The van der Waals surface area contributed by atoms with E-state index in [1.807, 2.05) is 35.1 Å². The van der Waals surface area contributed by atoms with Crippen LogP contribution in [0.3, 0.4) is 0 Å². The monoisotopic (exact) mass is 379 g/mol. The van der Waals surface area contributed by atoms with E-state index in [0.717, 1.165) is 34.1 Å². The lowest BCUT2D eigenvalue weighted by Crippen LogP contribution is -2.25. The molecule has 0 saturated carbocycles. The van der Waals surface area contributed by atoms with E-state index in [9.17, 15) is 4.79 Å². The van der Waals surface area contributed by atoms with Crippen LogP contribution >= 0.6 is 0 Å². The van der Waals surface area contributed by atoms with Crippen LogP contribution in [-0.4, -0.2) is 33.0 Å². The number of carbonyl (C=O) groups is 1. The standard InChI is InChI=1S/C21H25N5O2/c1-21(2,3)18-10-16(24-25-18)14-9-19(27)23-20-15(14)11-22-26(20)12-13-7-5-6-8-17(13)28-4/h5-8,10-11,14H,9,12H2,1-4H3,(H,23,27)(H,24,25). The van der Waals surface area contributed by atoms with Gasteiger partial charge in [-0.25, -0.2) is 4.68 Å². The van der Waals surface area contributed by atoms with Crippen LogP contribution < -0.4 is 10.1 Å². The molecule has 1 aliphatic rings. The molecule has 0 spiro atoms. The molecule has 7 nitrogen and oxygen atoms in total. The minimum atomic E-state index is -0.0845. The second-order valence-corrected chi connectivity index (χ2v) is 8.18. The van der Waals surface area contributed by atoms with E-state index in [4.69, 9.17) is 4.74 Å². The predicted octanol–water partition coefficient (Wildman–Crippen LogP) is 3.43. The summed E-state index contributed by atoms with van der Waals surface area (Å²) in [7, 11) is 1.65. The zero-order valence-electron chi connectivity index (χ0n) is 16.6. The van der Waals surface area contributed by atoms with Crippen LogP contribution in [0, 0.1) is 0 Å². The van der Waals surface area contributed by atoms with Crippen molar-refractivity contribution in [3.05, 3.63) is 59.0 Å². The minimum Gasteiger partial charge on any atom is -0.496 e. The SMILES string of the molecule is COc1ccccc1Cn1ncc2c1NC(=O)CC2c1cc(C(C)(C)C)n[nH]1. The molecule has 3 heterocycles. The molecule has 1 atom stereocenters. The van der Waals surface area contributed by atoms with Crippen LogP contribution in [0.15, 0.2) is 36.5 Å². The number of para-hydroxylation sites is 1. The van der Waals surface area contributed by atoms with E-state index in [1.165, 1.54) is 0 Å². The van der Waals surface area contributed by atoms with Crippen LogP contribution in [-0.2, 0) is 16.8 Å². The number of H-pyrrole nitrogens is 1. The van der Waals surface area contributed by atoms with Crippen molar-refractivity contribution in [2.45, 2.75) is 45.1 Å². The lowest BCUT2D eigenvalue weighted by molar-refractivity contribution is -0.116. The predicted molar refractivity (Wildman–Crippen MR) is 107 cm³/mol. The molecule has 4 rings (SSSR count). The van der Waals surface area contributed by atoms with Gasteiger partial charge in [-0.2, -0.15) is 10.2 Å². The molecule has 0 bridgehead atoms. The fourth-order valence-corrected chi connectivity index (χ4v) is 3.56. The molecule has 2 N–H and O–H groups in total. The first-order valence-corrected chi connectivity index (χ1v) is 9.40. The Morgan fingerprint density at radius 2 is 2.07 bits per heavy atom. The molecule has 2 aromatic heterocycles. The molecule has 0 radical (unpaired) electrons. The minimum absolute atomic E-state index is 0.0221. The number of anilines is 1. The Labute approximate surface area is 164 Å². The summed E-state index contributed by atoms with van der Waals surface area (Å²) in [5.74, 6) is 1.43. The summed E-state index contributed by atoms with van der Waals surface area (Å²) < 4.78 is 7.26. The smallest absolute Gasteiger partial charge is 0.226 e. The van der Waals surface area contributed by atoms with Gasteiger partial charge >= 0.3 is 0 Å². The number of benzene rings is 1. The number of methoxy groups -OCH3 is 1. The molecule has 28 heavy (non-hydrogen) atoms. The number of ether oxygens (including phenoxy) is 1. The van der Waals surface area contributed by atoms with Gasteiger partial charge in [-0.05, 0) is 12.1 Å². The van der Waals surface area contributed by atoms with Crippen molar-refractivity contribution in [2.24, 2.45) is 0 Å². The highest BCUT2D eigenvalue weighted by molar-refractivity contribution is 5.94. The molecule has 1 amide bonds. The lowest BCUT2D eigenvalue weighted by atomic mass is 9.88. The fourth-order valence-electron chi connectivity index (χ4n) is 3.56. The van der Waals surface area contributed by atoms with Crippen LogP contribution in [0.2, 0.25) is 0 Å². The third-order valence-corrected chi connectivity index (χ3v) is 5.14. The summed E-state index contributed by atoms with van der Waals surface area (Å²) in [4.78, 5) is 12.4. The first-order chi connectivity index (χ1) is 13.4. The van der Waals surface area contributed by atoms with Crippen molar-refractivity contribution in [2.75, 3.05) is 12.4 Å². The second-order valence-electron chi connectivity index (χ2n) is 8.18. The van der Waals surface area contributed by atoms with Crippen LogP contribution in [0.1, 0.15) is 55.6 Å². The summed E-state index contributed by atoms with van der Waals surface area (Å²) in [6.45, 7) is 6.88. The van der Waals surface area contributed by atoms with Gasteiger partial charge in [0.05, 0.1) is 25.5 Å². The molecular formula is C21H25N5O2. The van der Waals surface area contributed by atoms with E-state index in [-0.39, 0.29) is 17.2 Å². The maximum Gasteiger partial charge on any atom is 0.226 e. The topological polar surface area (TPSA) is 84.8 Å². The molecule has 1 unspecified atom stereocenters. The largest absolute Gasteiger partial charge is 0.496 e. The van der Waals surface area contributed by atoms with Crippen molar-refractivity contribution in [1.29, 1.82) is 0 Å². The summed E-state index contributed by atoms with van der Waals surface area (Å²) in [6, 6.07) is 9.88. The van der Waals surface area contributed by atoms with Gasteiger partial charge in [0.25, 0.3) is 0 Å². The van der Waals surface area contributed by atoms with Gasteiger partial charge in [0.2, 0.25) is 5.91 Å². The number of nitrogens with one attached hydrogen (secondary N) is 2. The number of hydrogen-bond acceptors (Lipinski definition) is 4. The molecule has 1 aromatic carbocycles. The van der Waals surface area contributed by atoms with Gasteiger partial charge in [0.1, 0.15) is 11.6 Å². The maximum absolute atomic E-state index is 12.4. The molecule has 0 aliphatic carbocycles. The molecule has 7 heteroatoms. The molecule has 1 aliphatic heterocycles. The highest BCUT2D eigenvalue weighted by Crippen LogP contribution is 2.37. The van der Waals surface area contributed by atoms with Crippen molar-refractivity contribution in [3.8, 4) is 5.75 Å². The fraction of sp³-hybridized carbons (Fsp3) is 0.381. The second kappa shape index (κ2) is 6.82. The van der Waals surface area contributed by atoms with E-state index in [2.05, 4.69) is 47.5 Å². The molecule has 0 saturated heterocycles. The van der Waals surface area contributed by atoms with Crippen LogP contribution in [0.4, 0.5) is 5.82 Å². The Balaban J connectivity index is 1.69. The number of hydrogen-bond donors (Lipinski definition) is 2. The summed E-state index contributed by atoms with van der Waals surface area (Å²) in [5.41, 5.74) is 3.87. The first kappa shape index (κ1) is 18.3. The molecule has 146 valence electrons. The van der Waals surface area contributed by atoms with Crippen molar-refractivity contribution in [3.63, 3.8) is 0 Å². The van der Waals surface area contributed by atoms with Gasteiger partial charge in [0.15, 0.2) is 0 Å². The van der Waals surface area contributed by atoms with Gasteiger partial charge in [-0.3, -0.25) is 9.89 Å². The number of amides is 1. The summed E-state index contributed by atoms with van der Waals surface area (Å²) >= 11 is 0. The third kappa shape index (κ3) is 3.28. The lowest BCUT2D eigenvalue weighted by Gasteiger charge is -2.22. The van der Waals surface area contributed by atoms with E-state index >= 15 is 0 Å². The maximum atomic E-state index is 12.4. The Kier molecular flexibility index (Phi) is 4.45. The molecule has 0 fully saturated rings. The molecule has 3 aromatic rings. The van der Waals surface area contributed by atoms with E-state index in [0.29, 0.717) is 13.0 Å². The molecular weight excluding hydrogens is 354 g/mol. The third-order valence-electron chi connectivity index (χ3n) is 5.14. The number of aromatic amines is 1. The Morgan fingerprint density at radius 3 is 2.79 bits per heavy atom. The summed E-state index contributed by atoms with van der Waals surface area (Å²) in [6.07, 6.45) is 2.21. The average Bonchev–Trinajstić information content (AvgIpc) is 3.29. The zero-order chi connectivity index (χ0) is 19.9. The highest BCUT2D eigenvalue weighted by atomic mass is 16.5. The number of carbonyl (C=O) groups excluding carboxylic acids is 1. The number of fused-ring (bicyclic) bond motifs is 1. The van der Waals surface area contributed by atoms with Crippen LogP contribution in [0.5, 0.6) is 5.75 Å². The van der Waals surface area contributed by atoms with Crippen molar-refractivity contribution < 1.29 is 9.53 Å². The van der Waals surface area contributed by atoms with Gasteiger partial charge in [-0.1, -0.05) is 39.0 Å². The quantitative estimate of drug-likeness (QED) is 0.727. The van der Waals surface area contributed by atoms with Crippen LogP contribution in [0.25, 0.3) is 0 Å².